The van der Waals surface area contributed by atoms with Crippen LogP contribution in [0, 0.1) is 18.3 Å². The standard InChI is InChI=1S/C14H21N5O/c1-4-19-12(9-11(2)17-19)13(20)16-14(10-15)5-7-18(3)8-6-14/h9H,4-8H2,1-3H3,(H,16,20). The summed E-state index contributed by atoms with van der Waals surface area (Å²) in [7, 11) is 2.03. The topological polar surface area (TPSA) is 74.0 Å². The highest BCUT2D eigenvalue weighted by Crippen LogP contribution is 2.21. The van der Waals surface area contributed by atoms with E-state index in [0.717, 1.165) is 18.8 Å². The van der Waals surface area contributed by atoms with Crippen LogP contribution in [0.25, 0.3) is 0 Å². The summed E-state index contributed by atoms with van der Waals surface area (Å²) < 4.78 is 1.67. The van der Waals surface area contributed by atoms with Crippen LogP contribution in [0.2, 0.25) is 0 Å². The van der Waals surface area contributed by atoms with E-state index in [9.17, 15) is 10.1 Å². The molecule has 6 nitrogen and oxygen atoms in total. The monoisotopic (exact) mass is 275 g/mol. The van der Waals surface area contributed by atoms with Crippen molar-refractivity contribution in [3.63, 3.8) is 0 Å². The number of carbonyl (C=O) groups is 1. The van der Waals surface area contributed by atoms with Gasteiger partial charge in [0.1, 0.15) is 11.2 Å². The van der Waals surface area contributed by atoms with Crippen molar-refractivity contribution in [2.75, 3.05) is 20.1 Å². The first-order valence-corrected chi connectivity index (χ1v) is 6.96. The number of hydrogen-bond donors (Lipinski definition) is 1. The zero-order valence-electron chi connectivity index (χ0n) is 12.3. The van der Waals surface area contributed by atoms with Crippen molar-refractivity contribution < 1.29 is 4.79 Å². The van der Waals surface area contributed by atoms with Crippen molar-refractivity contribution in [2.45, 2.75) is 38.8 Å². The largest absolute Gasteiger partial charge is 0.332 e. The summed E-state index contributed by atoms with van der Waals surface area (Å²) in [6.45, 7) is 6.08. The predicted molar refractivity (Wildman–Crippen MR) is 75.2 cm³/mol. The average Bonchev–Trinajstić information content (AvgIpc) is 2.83. The van der Waals surface area contributed by atoms with Crippen molar-refractivity contribution in [3.05, 3.63) is 17.5 Å². The van der Waals surface area contributed by atoms with Crippen LogP contribution in [0.4, 0.5) is 0 Å². The van der Waals surface area contributed by atoms with Crippen LogP contribution in [0.3, 0.4) is 0 Å². The van der Waals surface area contributed by atoms with Crippen molar-refractivity contribution in [1.29, 1.82) is 5.26 Å². The van der Waals surface area contributed by atoms with E-state index in [-0.39, 0.29) is 5.91 Å². The molecule has 1 fully saturated rings. The third kappa shape index (κ3) is 2.83. The molecule has 1 saturated heterocycles. The molecular formula is C14H21N5O. The Morgan fingerprint density at radius 3 is 2.75 bits per heavy atom. The van der Waals surface area contributed by atoms with Gasteiger partial charge >= 0.3 is 0 Å². The van der Waals surface area contributed by atoms with E-state index in [1.807, 2.05) is 20.9 Å². The molecule has 0 atom stereocenters. The second-order valence-corrected chi connectivity index (χ2v) is 5.44. The lowest BCUT2D eigenvalue weighted by molar-refractivity contribution is 0.0871. The van der Waals surface area contributed by atoms with Gasteiger partial charge in [0, 0.05) is 19.6 Å². The molecule has 1 amide bonds. The summed E-state index contributed by atoms with van der Waals surface area (Å²) in [5.74, 6) is -0.210. The third-order valence-electron chi connectivity index (χ3n) is 3.84. The summed E-state index contributed by atoms with van der Waals surface area (Å²) in [6.07, 6.45) is 1.32. The Labute approximate surface area is 119 Å². The fraction of sp³-hybridized carbons (Fsp3) is 0.643. The van der Waals surface area contributed by atoms with Gasteiger partial charge in [-0.05, 0) is 39.8 Å². The Balaban J connectivity index is 2.15. The van der Waals surface area contributed by atoms with E-state index < -0.39 is 5.54 Å². The maximum atomic E-state index is 12.4. The van der Waals surface area contributed by atoms with Crippen molar-refractivity contribution in [3.8, 4) is 6.07 Å². The number of amides is 1. The highest BCUT2D eigenvalue weighted by molar-refractivity contribution is 5.93. The lowest BCUT2D eigenvalue weighted by atomic mass is 9.89. The molecule has 2 rings (SSSR count). The second-order valence-electron chi connectivity index (χ2n) is 5.44. The highest BCUT2D eigenvalue weighted by Gasteiger charge is 2.36. The van der Waals surface area contributed by atoms with Gasteiger partial charge in [-0.15, -0.1) is 0 Å². The Morgan fingerprint density at radius 1 is 1.55 bits per heavy atom. The van der Waals surface area contributed by atoms with Crippen molar-refractivity contribution in [1.82, 2.24) is 20.0 Å². The lowest BCUT2D eigenvalue weighted by Gasteiger charge is -2.35. The molecule has 108 valence electrons. The molecule has 0 aromatic carbocycles. The Kier molecular flexibility index (Phi) is 4.09. The number of aromatic nitrogens is 2. The summed E-state index contributed by atoms with van der Waals surface area (Å²) >= 11 is 0. The van der Waals surface area contributed by atoms with E-state index in [0.29, 0.717) is 25.1 Å². The van der Waals surface area contributed by atoms with E-state index in [1.165, 1.54) is 0 Å². The van der Waals surface area contributed by atoms with Crippen LogP contribution in [0.1, 0.15) is 35.9 Å². The number of carbonyl (C=O) groups excluding carboxylic acids is 1. The second kappa shape index (κ2) is 5.63. The number of aryl methyl sites for hydroxylation is 2. The van der Waals surface area contributed by atoms with E-state index in [4.69, 9.17) is 0 Å². The van der Waals surface area contributed by atoms with Gasteiger partial charge < -0.3 is 10.2 Å². The fourth-order valence-corrected chi connectivity index (χ4v) is 2.52. The van der Waals surface area contributed by atoms with Crippen molar-refractivity contribution in [2.24, 2.45) is 0 Å². The Hall–Kier alpha value is -1.87. The van der Waals surface area contributed by atoms with Gasteiger partial charge in [-0.3, -0.25) is 9.48 Å². The molecule has 20 heavy (non-hydrogen) atoms. The van der Waals surface area contributed by atoms with E-state index >= 15 is 0 Å². The molecule has 6 heteroatoms. The van der Waals surface area contributed by atoms with Crippen LogP contribution in [-0.4, -0.2) is 46.3 Å². The minimum absolute atomic E-state index is 0.210. The normalized spacial score (nSPS) is 18.5. The number of nitriles is 1. The molecule has 1 aliphatic heterocycles. The fourth-order valence-electron chi connectivity index (χ4n) is 2.52. The quantitative estimate of drug-likeness (QED) is 0.890. The molecule has 0 saturated carbocycles. The van der Waals surface area contributed by atoms with Gasteiger partial charge in [0.05, 0.1) is 11.8 Å². The number of likely N-dealkylation sites (tertiary alicyclic amines) is 1. The maximum Gasteiger partial charge on any atom is 0.270 e. The summed E-state index contributed by atoms with van der Waals surface area (Å²) in [6, 6.07) is 4.06. The molecule has 0 unspecified atom stereocenters. The molecule has 1 N–H and O–H groups in total. The minimum atomic E-state index is -0.750. The Bertz CT molecular complexity index is 534. The molecule has 0 spiro atoms. The van der Waals surface area contributed by atoms with Crippen molar-refractivity contribution >= 4 is 5.91 Å². The Morgan fingerprint density at radius 2 is 2.20 bits per heavy atom. The zero-order chi connectivity index (χ0) is 14.8. The van der Waals surface area contributed by atoms with Crippen LogP contribution < -0.4 is 5.32 Å². The van der Waals surface area contributed by atoms with Gasteiger partial charge in [0.2, 0.25) is 0 Å². The molecule has 1 aromatic rings. The predicted octanol–water partition coefficient (Wildman–Crippen LogP) is 0.929. The smallest absolute Gasteiger partial charge is 0.270 e. The molecule has 2 heterocycles. The average molecular weight is 275 g/mol. The number of hydrogen-bond acceptors (Lipinski definition) is 4. The van der Waals surface area contributed by atoms with Gasteiger partial charge in [-0.1, -0.05) is 0 Å². The lowest BCUT2D eigenvalue weighted by Crippen LogP contribution is -2.54. The molecular weight excluding hydrogens is 254 g/mol. The summed E-state index contributed by atoms with van der Waals surface area (Å²) in [4.78, 5) is 14.6. The van der Waals surface area contributed by atoms with Crippen LogP contribution in [0.5, 0.6) is 0 Å². The summed E-state index contributed by atoms with van der Waals surface area (Å²) in [5.41, 5.74) is 0.588. The molecule has 0 radical (unpaired) electrons. The molecule has 0 bridgehead atoms. The number of rotatable bonds is 3. The summed E-state index contributed by atoms with van der Waals surface area (Å²) in [5, 5.41) is 16.6. The number of nitrogens with one attached hydrogen (secondary N) is 1. The number of piperidine rings is 1. The van der Waals surface area contributed by atoms with Crippen LogP contribution >= 0.6 is 0 Å². The van der Waals surface area contributed by atoms with Gasteiger partial charge in [0.15, 0.2) is 0 Å². The van der Waals surface area contributed by atoms with E-state index in [2.05, 4.69) is 21.4 Å². The molecule has 1 aromatic heterocycles. The minimum Gasteiger partial charge on any atom is -0.332 e. The first-order valence-electron chi connectivity index (χ1n) is 6.96. The zero-order valence-corrected chi connectivity index (χ0v) is 12.3. The highest BCUT2D eigenvalue weighted by atomic mass is 16.2. The molecule has 1 aliphatic rings. The molecule has 0 aliphatic carbocycles. The third-order valence-corrected chi connectivity index (χ3v) is 3.84. The van der Waals surface area contributed by atoms with Gasteiger partial charge in [-0.2, -0.15) is 10.4 Å². The first kappa shape index (κ1) is 14.5. The maximum absolute atomic E-state index is 12.4. The van der Waals surface area contributed by atoms with E-state index in [1.54, 1.807) is 10.7 Å². The van der Waals surface area contributed by atoms with Crippen LogP contribution in [-0.2, 0) is 6.54 Å². The first-order chi connectivity index (χ1) is 9.49. The van der Waals surface area contributed by atoms with Gasteiger partial charge in [0.25, 0.3) is 5.91 Å². The number of nitrogens with zero attached hydrogens (tertiary/aromatic N) is 4. The van der Waals surface area contributed by atoms with Gasteiger partial charge in [-0.25, -0.2) is 0 Å². The SMILES string of the molecule is CCn1nc(C)cc1C(=O)NC1(C#N)CCN(C)CC1. The van der Waals surface area contributed by atoms with Crippen LogP contribution in [0.15, 0.2) is 6.07 Å².